The second kappa shape index (κ2) is 7.12. The molecule has 0 bridgehead atoms. The molecule has 2 rings (SSSR count). The van der Waals surface area contributed by atoms with Crippen molar-refractivity contribution in [2.75, 3.05) is 13.2 Å². The summed E-state index contributed by atoms with van der Waals surface area (Å²) in [5.74, 6) is 5.55. The molecule has 1 amide bonds. The Morgan fingerprint density at radius 2 is 1.95 bits per heavy atom. The van der Waals surface area contributed by atoms with Crippen LogP contribution in [0.1, 0.15) is 48.5 Å². The van der Waals surface area contributed by atoms with Crippen LogP contribution in [-0.4, -0.2) is 35.1 Å². The third kappa shape index (κ3) is 3.40. The lowest BCUT2D eigenvalue weighted by atomic mass is 10.1. The lowest BCUT2D eigenvalue weighted by Crippen LogP contribution is -2.38. The molecule has 0 spiro atoms. The Labute approximate surface area is 120 Å². The molecule has 106 valence electrons. The molecule has 0 heterocycles. The van der Waals surface area contributed by atoms with E-state index in [2.05, 4.69) is 11.8 Å². The lowest BCUT2D eigenvalue weighted by Gasteiger charge is -2.27. The predicted octanol–water partition coefficient (Wildman–Crippen LogP) is 2.44. The zero-order chi connectivity index (χ0) is 14.4. The van der Waals surface area contributed by atoms with Gasteiger partial charge in [-0.05, 0) is 44.0 Å². The quantitative estimate of drug-likeness (QED) is 0.858. The molecule has 0 atom stereocenters. The second-order valence-electron chi connectivity index (χ2n) is 5.07. The molecule has 0 aliphatic heterocycles. The molecule has 1 aromatic rings. The maximum absolute atomic E-state index is 12.5. The van der Waals surface area contributed by atoms with Gasteiger partial charge in [-0.2, -0.15) is 0 Å². The fourth-order valence-electron chi connectivity index (χ4n) is 2.79. The van der Waals surface area contributed by atoms with Crippen molar-refractivity contribution in [1.82, 2.24) is 4.90 Å². The number of hydrogen-bond acceptors (Lipinski definition) is 2. The topological polar surface area (TPSA) is 40.5 Å². The molecule has 20 heavy (non-hydrogen) atoms. The molecule has 0 unspecified atom stereocenters. The van der Waals surface area contributed by atoms with E-state index in [4.69, 9.17) is 5.11 Å². The smallest absolute Gasteiger partial charge is 0.254 e. The van der Waals surface area contributed by atoms with Gasteiger partial charge in [-0.15, -0.1) is 0 Å². The minimum Gasteiger partial charge on any atom is -0.384 e. The number of aliphatic hydroxyl groups excluding tert-OH is 1. The van der Waals surface area contributed by atoms with Crippen LogP contribution in [0.5, 0.6) is 0 Å². The average Bonchev–Trinajstić information content (AvgIpc) is 3.00. The van der Waals surface area contributed by atoms with E-state index in [0.29, 0.717) is 11.6 Å². The van der Waals surface area contributed by atoms with Crippen molar-refractivity contribution in [3.63, 3.8) is 0 Å². The first kappa shape index (κ1) is 14.6. The van der Waals surface area contributed by atoms with Crippen LogP contribution in [0.15, 0.2) is 24.3 Å². The summed E-state index contributed by atoms with van der Waals surface area (Å²) in [6, 6.07) is 7.71. The summed E-state index contributed by atoms with van der Waals surface area (Å²) in [5.41, 5.74) is 1.54. The highest BCUT2D eigenvalue weighted by Gasteiger charge is 2.25. The highest BCUT2D eigenvalue weighted by molar-refractivity contribution is 5.94. The van der Waals surface area contributed by atoms with E-state index < -0.39 is 0 Å². The summed E-state index contributed by atoms with van der Waals surface area (Å²) in [5, 5.41) is 8.66. The van der Waals surface area contributed by atoms with Crippen molar-refractivity contribution in [3.8, 4) is 11.8 Å². The summed E-state index contributed by atoms with van der Waals surface area (Å²) >= 11 is 0. The summed E-state index contributed by atoms with van der Waals surface area (Å²) < 4.78 is 0. The Kier molecular flexibility index (Phi) is 5.20. The fraction of sp³-hybridized carbons (Fsp3) is 0.471. The standard InChI is InChI=1S/C17H21NO2/c1-2-18(16-7-3-4-8-16)17(20)15-11-9-14(10-12-15)6-5-13-19/h9-12,16,19H,2-4,7-8,13H2,1H3. The monoisotopic (exact) mass is 271 g/mol. The Morgan fingerprint density at radius 3 is 2.50 bits per heavy atom. The Bertz CT molecular complexity index is 504. The molecule has 0 aromatic heterocycles. The zero-order valence-corrected chi connectivity index (χ0v) is 11.9. The van der Waals surface area contributed by atoms with Crippen LogP contribution >= 0.6 is 0 Å². The number of nitrogens with zero attached hydrogens (tertiary/aromatic N) is 1. The number of carbonyl (C=O) groups excluding carboxylic acids is 1. The van der Waals surface area contributed by atoms with Crippen molar-refractivity contribution in [2.45, 2.75) is 38.6 Å². The molecular weight excluding hydrogens is 250 g/mol. The summed E-state index contributed by atoms with van der Waals surface area (Å²) in [7, 11) is 0. The van der Waals surface area contributed by atoms with Crippen LogP contribution in [0.3, 0.4) is 0 Å². The van der Waals surface area contributed by atoms with Gasteiger partial charge in [0.25, 0.3) is 5.91 Å². The van der Waals surface area contributed by atoms with Gasteiger partial charge in [0.2, 0.25) is 0 Å². The Balaban J connectivity index is 2.11. The summed E-state index contributed by atoms with van der Waals surface area (Å²) in [6.45, 7) is 2.65. The molecule has 3 heteroatoms. The highest BCUT2D eigenvalue weighted by atomic mass is 16.2. The van der Waals surface area contributed by atoms with Gasteiger partial charge in [-0.3, -0.25) is 4.79 Å². The van der Waals surface area contributed by atoms with Crippen molar-refractivity contribution < 1.29 is 9.90 Å². The van der Waals surface area contributed by atoms with Gasteiger partial charge in [0.15, 0.2) is 0 Å². The van der Waals surface area contributed by atoms with Crippen LogP contribution in [0.4, 0.5) is 0 Å². The van der Waals surface area contributed by atoms with Gasteiger partial charge >= 0.3 is 0 Å². The van der Waals surface area contributed by atoms with Gasteiger partial charge in [-0.25, -0.2) is 0 Å². The first-order chi connectivity index (χ1) is 9.76. The maximum Gasteiger partial charge on any atom is 0.254 e. The molecule has 0 saturated heterocycles. The number of amides is 1. The van der Waals surface area contributed by atoms with Crippen LogP contribution in [0.25, 0.3) is 0 Å². The summed E-state index contributed by atoms with van der Waals surface area (Å²) in [6.07, 6.45) is 4.70. The Morgan fingerprint density at radius 1 is 1.30 bits per heavy atom. The SMILES string of the molecule is CCN(C(=O)c1ccc(C#CCO)cc1)C1CCCC1. The molecule has 1 N–H and O–H groups in total. The van der Waals surface area contributed by atoms with Crippen molar-refractivity contribution in [3.05, 3.63) is 35.4 Å². The van der Waals surface area contributed by atoms with Gasteiger partial charge < -0.3 is 10.0 Å². The number of carbonyl (C=O) groups is 1. The van der Waals surface area contributed by atoms with E-state index >= 15 is 0 Å². The van der Waals surface area contributed by atoms with E-state index in [1.807, 2.05) is 36.1 Å². The van der Waals surface area contributed by atoms with Gasteiger partial charge in [0, 0.05) is 23.7 Å². The van der Waals surface area contributed by atoms with Crippen molar-refractivity contribution >= 4 is 5.91 Å². The second-order valence-corrected chi connectivity index (χ2v) is 5.07. The minimum atomic E-state index is -0.147. The number of hydrogen-bond donors (Lipinski definition) is 1. The van der Waals surface area contributed by atoms with Crippen molar-refractivity contribution in [1.29, 1.82) is 0 Å². The Hall–Kier alpha value is -1.79. The normalized spacial score (nSPS) is 14.7. The van der Waals surface area contributed by atoms with Crippen LogP contribution in [0.2, 0.25) is 0 Å². The van der Waals surface area contributed by atoms with E-state index in [0.717, 1.165) is 24.9 Å². The minimum absolute atomic E-state index is 0.112. The molecular formula is C17H21NO2. The van der Waals surface area contributed by atoms with Crippen molar-refractivity contribution in [2.24, 2.45) is 0 Å². The van der Waals surface area contributed by atoms with Crippen LogP contribution < -0.4 is 0 Å². The van der Waals surface area contributed by atoms with E-state index in [-0.39, 0.29) is 12.5 Å². The summed E-state index contributed by atoms with van der Waals surface area (Å²) in [4.78, 5) is 14.5. The number of benzene rings is 1. The molecule has 1 aromatic carbocycles. The first-order valence-electron chi connectivity index (χ1n) is 7.27. The third-order valence-corrected chi connectivity index (χ3v) is 3.81. The molecule has 1 aliphatic rings. The van der Waals surface area contributed by atoms with Gasteiger partial charge in [0.05, 0.1) is 0 Å². The van der Waals surface area contributed by atoms with E-state index in [1.165, 1.54) is 12.8 Å². The largest absolute Gasteiger partial charge is 0.384 e. The number of rotatable bonds is 3. The first-order valence-corrected chi connectivity index (χ1v) is 7.27. The molecule has 3 nitrogen and oxygen atoms in total. The lowest BCUT2D eigenvalue weighted by molar-refractivity contribution is 0.0693. The van der Waals surface area contributed by atoms with Crippen LogP contribution in [0, 0.1) is 11.8 Å². The van der Waals surface area contributed by atoms with E-state index in [9.17, 15) is 4.79 Å². The average molecular weight is 271 g/mol. The number of aliphatic hydroxyl groups is 1. The highest BCUT2D eigenvalue weighted by Crippen LogP contribution is 2.24. The molecule has 1 aliphatic carbocycles. The third-order valence-electron chi connectivity index (χ3n) is 3.81. The van der Waals surface area contributed by atoms with Gasteiger partial charge in [-0.1, -0.05) is 24.7 Å². The maximum atomic E-state index is 12.5. The predicted molar refractivity (Wildman–Crippen MR) is 79.4 cm³/mol. The van der Waals surface area contributed by atoms with Gasteiger partial charge in [0.1, 0.15) is 6.61 Å². The molecule has 1 saturated carbocycles. The molecule has 0 radical (unpaired) electrons. The van der Waals surface area contributed by atoms with E-state index in [1.54, 1.807) is 0 Å². The fourth-order valence-corrected chi connectivity index (χ4v) is 2.79. The molecule has 1 fully saturated rings. The zero-order valence-electron chi connectivity index (χ0n) is 11.9. The van der Waals surface area contributed by atoms with Crippen LogP contribution in [-0.2, 0) is 0 Å².